The van der Waals surface area contributed by atoms with Gasteiger partial charge in [0, 0.05) is 0 Å². The van der Waals surface area contributed by atoms with Crippen LogP contribution in [0.5, 0.6) is 0 Å². The molecule has 0 fully saturated rings. The van der Waals surface area contributed by atoms with Crippen molar-refractivity contribution in [3.8, 4) is 0 Å². The zero-order chi connectivity index (χ0) is 17.1. The molecule has 0 aliphatic carbocycles. The molecule has 0 amide bonds. The Morgan fingerprint density at radius 3 is 1.73 bits per heavy atom. The van der Waals surface area contributed by atoms with Crippen molar-refractivity contribution in [2.75, 3.05) is 0 Å². The van der Waals surface area contributed by atoms with Crippen molar-refractivity contribution >= 4 is 22.1 Å². The fourth-order valence-electron chi connectivity index (χ4n) is 1.51. The molecular weight excluding hydrogens is 323 g/mol. The van der Waals surface area contributed by atoms with Gasteiger partial charge in [0.1, 0.15) is 0 Å². The summed E-state index contributed by atoms with van der Waals surface area (Å²) in [5, 5.41) is 13.9. The van der Waals surface area contributed by atoms with Crippen molar-refractivity contribution in [2.24, 2.45) is 0 Å². The summed E-state index contributed by atoms with van der Waals surface area (Å²) in [6.45, 7) is 6.77. The number of hydrogen-bond donors (Lipinski definition) is 3. The number of carboxylic acid groups (broad SMARTS) is 2. The third-order valence-electron chi connectivity index (χ3n) is 2.88. The van der Waals surface area contributed by atoms with Gasteiger partial charge in [-0.1, -0.05) is 33.6 Å². The van der Waals surface area contributed by atoms with E-state index in [0.29, 0.717) is 0 Å². The molecule has 1 atom stereocenters. The van der Waals surface area contributed by atoms with Crippen LogP contribution in [-0.4, -0.2) is 40.4 Å². The van der Waals surface area contributed by atoms with E-state index in [-0.39, 0.29) is 29.6 Å². The Hall–Kier alpha value is -0.150. The largest absolute Gasteiger partial charge is 1.00 e. The first-order valence-corrected chi connectivity index (χ1v) is 8.34. The molecule has 22 heavy (non-hydrogen) atoms. The van der Waals surface area contributed by atoms with Gasteiger partial charge in [-0.25, -0.2) is 0 Å². The zero-order valence-corrected chi connectivity index (χ0v) is 16.5. The summed E-state index contributed by atoms with van der Waals surface area (Å²) in [7, 11) is -4.84. The molecule has 0 saturated carbocycles. The minimum absolute atomic E-state index is 0. The molecule has 3 N–H and O–H groups in total. The Morgan fingerprint density at radius 1 is 1.09 bits per heavy atom. The van der Waals surface area contributed by atoms with E-state index in [2.05, 4.69) is 20.8 Å². The smallest absolute Gasteiger partial charge is 0.481 e. The number of carbonyl (C=O) groups is 2. The summed E-state index contributed by atoms with van der Waals surface area (Å²) >= 11 is 0. The predicted octanol–water partition coefficient (Wildman–Crippen LogP) is -0.623. The second kappa shape index (κ2) is 14.4. The first kappa shape index (κ1) is 26.7. The van der Waals surface area contributed by atoms with Gasteiger partial charge in [-0.05, 0) is 0 Å². The van der Waals surface area contributed by atoms with Crippen molar-refractivity contribution in [2.45, 2.75) is 64.5 Å². The maximum Gasteiger partial charge on any atom is 1.00 e. The summed E-state index contributed by atoms with van der Waals surface area (Å²) in [6.07, 6.45) is 5.51. The Bertz CT molecular complexity index is 405. The van der Waals surface area contributed by atoms with E-state index in [9.17, 15) is 18.0 Å². The Labute approximate surface area is 154 Å². The van der Waals surface area contributed by atoms with Crippen molar-refractivity contribution in [3.63, 3.8) is 0 Å². The van der Waals surface area contributed by atoms with Gasteiger partial charge < -0.3 is 16.1 Å². The van der Waals surface area contributed by atoms with Crippen molar-refractivity contribution < 1.29 is 62.3 Å². The van der Waals surface area contributed by atoms with E-state index in [1.54, 1.807) is 5.92 Å². The summed E-state index contributed by atoms with van der Waals surface area (Å²) in [5.74, 6) is -1.77. The second-order valence-electron chi connectivity index (χ2n) is 4.50. The van der Waals surface area contributed by atoms with Gasteiger partial charge in [0.05, 0.1) is 6.42 Å². The van der Waals surface area contributed by atoms with E-state index >= 15 is 0 Å². The summed E-state index contributed by atoms with van der Waals surface area (Å²) in [6, 6.07) is 0. The van der Waals surface area contributed by atoms with E-state index in [0.717, 1.165) is 0 Å². The van der Waals surface area contributed by atoms with E-state index in [4.69, 9.17) is 14.8 Å². The van der Waals surface area contributed by atoms with Crippen molar-refractivity contribution in [1.29, 1.82) is 0 Å². The van der Waals surface area contributed by atoms with Crippen molar-refractivity contribution in [3.05, 3.63) is 5.92 Å². The fraction of sp³-hybridized carbons (Fsp3) is 0.769. The third-order valence-corrected chi connectivity index (χ3v) is 3.97. The van der Waals surface area contributed by atoms with Crippen LogP contribution in [-0.2, 0) is 19.7 Å². The average molecular weight is 348 g/mol. The van der Waals surface area contributed by atoms with Crippen LogP contribution in [0, 0.1) is 5.92 Å². The standard InChI is InChI=1S/C9H19.C4H6O7S.Na/c1-4-7-8-9(5-2)6-3;5-3(6)1-2(4(7)8)12(9,10)11;/h4-8H2,1-3H3;2H,1H2,(H,5,6)(H,7,8)(H,9,10,11);/q-1;;+1. The molecule has 9 heteroatoms. The van der Waals surface area contributed by atoms with Crippen LogP contribution in [0.15, 0.2) is 0 Å². The van der Waals surface area contributed by atoms with Crippen molar-refractivity contribution in [1.82, 2.24) is 0 Å². The fourth-order valence-corrected chi connectivity index (χ4v) is 2.12. The molecule has 1 unspecified atom stereocenters. The maximum absolute atomic E-state index is 10.2. The van der Waals surface area contributed by atoms with E-state index in [1.807, 2.05) is 0 Å². The monoisotopic (exact) mass is 348 g/mol. The van der Waals surface area contributed by atoms with Gasteiger partial charge >= 0.3 is 41.5 Å². The minimum Gasteiger partial charge on any atom is -0.481 e. The topological polar surface area (TPSA) is 129 Å². The maximum atomic E-state index is 10.2. The second-order valence-corrected chi connectivity index (χ2v) is 6.10. The van der Waals surface area contributed by atoms with E-state index in [1.165, 1.54) is 32.1 Å². The summed E-state index contributed by atoms with van der Waals surface area (Å²) in [4.78, 5) is 20.0. The SMILES string of the molecule is CCCC[C-](CC)CC.O=C(O)CC(C(=O)O)S(=O)(=O)O.[Na+]. The Kier molecular flexibility index (Phi) is 17.5. The predicted molar refractivity (Wildman–Crippen MR) is 78.6 cm³/mol. The van der Waals surface area contributed by atoms with Gasteiger partial charge in [-0.15, -0.1) is 0 Å². The molecule has 0 aliphatic heterocycles. The van der Waals surface area contributed by atoms with Gasteiger partial charge in [-0.2, -0.15) is 27.7 Å². The quantitative estimate of drug-likeness (QED) is 0.288. The molecule has 0 saturated heterocycles. The third kappa shape index (κ3) is 14.8. The summed E-state index contributed by atoms with van der Waals surface area (Å²) in [5.41, 5.74) is 0. The first-order chi connectivity index (χ1) is 9.59. The number of carboxylic acids is 2. The van der Waals surface area contributed by atoms with Crippen LogP contribution >= 0.6 is 0 Å². The Balaban J connectivity index is -0.000000326. The van der Waals surface area contributed by atoms with Crippen LogP contribution in [0.25, 0.3) is 0 Å². The van der Waals surface area contributed by atoms with E-state index < -0.39 is 33.7 Å². The average Bonchev–Trinajstić information content (AvgIpc) is 2.36. The van der Waals surface area contributed by atoms with Gasteiger partial charge in [0.25, 0.3) is 10.1 Å². The number of unbranched alkanes of at least 4 members (excludes halogenated alkanes) is 1. The number of aliphatic carboxylic acids is 2. The van der Waals surface area contributed by atoms with Crippen LogP contribution in [0.1, 0.15) is 59.3 Å². The Morgan fingerprint density at radius 2 is 1.55 bits per heavy atom. The van der Waals surface area contributed by atoms with Gasteiger partial charge in [-0.3, -0.25) is 14.1 Å². The van der Waals surface area contributed by atoms with Gasteiger partial charge in [0.2, 0.25) is 0 Å². The molecule has 0 bridgehead atoms. The zero-order valence-electron chi connectivity index (χ0n) is 13.7. The molecule has 0 aliphatic rings. The molecule has 0 heterocycles. The molecule has 126 valence electrons. The molecule has 7 nitrogen and oxygen atoms in total. The van der Waals surface area contributed by atoms with Crippen LogP contribution in [0.4, 0.5) is 0 Å². The van der Waals surface area contributed by atoms with Crippen LogP contribution in [0.3, 0.4) is 0 Å². The molecule has 0 aromatic carbocycles. The molecule has 0 radical (unpaired) electrons. The van der Waals surface area contributed by atoms with Crippen LogP contribution in [0.2, 0.25) is 0 Å². The first-order valence-electron chi connectivity index (χ1n) is 6.84. The number of rotatable bonds is 9. The molecule has 0 aromatic rings. The number of hydrogen-bond acceptors (Lipinski definition) is 4. The molecule has 0 aromatic heterocycles. The molecule has 0 spiro atoms. The van der Waals surface area contributed by atoms with Gasteiger partial charge in [0.15, 0.2) is 5.25 Å². The molecule has 0 rings (SSSR count). The molecular formula is C13H25NaO7S. The van der Waals surface area contributed by atoms with Crippen LogP contribution < -0.4 is 29.6 Å². The normalized spacial score (nSPS) is 11.9. The minimum atomic E-state index is -4.84. The summed E-state index contributed by atoms with van der Waals surface area (Å²) < 4.78 is 28.7.